The van der Waals surface area contributed by atoms with Gasteiger partial charge in [-0.1, -0.05) is 6.92 Å². The van der Waals surface area contributed by atoms with Crippen molar-refractivity contribution >= 4 is 0 Å². The Morgan fingerprint density at radius 1 is 1.36 bits per heavy atom. The SMILES string of the molecule is CCNCCC(F)(F)CCO. The summed E-state index contributed by atoms with van der Waals surface area (Å²) in [6.07, 6.45) is -0.625. The molecule has 0 aliphatic carbocycles. The molecule has 0 aliphatic rings. The monoisotopic (exact) mass is 167 g/mol. The highest BCUT2D eigenvalue weighted by atomic mass is 19.3. The fraction of sp³-hybridized carbons (Fsp3) is 1.00. The topological polar surface area (TPSA) is 32.3 Å². The lowest BCUT2D eigenvalue weighted by Crippen LogP contribution is -2.25. The van der Waals surface area contributed by atoms with Crippen LogP contribution >= 0.6 is 0 Å². The Morgan fingerprint density at radius 2 is 2.00 bits per heavy atom. The molecule has 0 radical (unpaired) electrons. The normalized spacial score (nSPS) is 12.0. The molecule has 0 rings (SSSR count). The van der Waals surface area contributed by atoms with Gasteiger partial charge in [0.25, 0.3) is 5.92 Å². The summed E-state index contributed by atoms with van der Waals surface area (Å²) in [5, 5.41) is 11.1. The van der Waals surface area contributed by atoms with E-state index in [1.807, 2.05) is 6.92 Å². The number of rotatable bonds is 6. The van der Waals surface area contributed by atoms with Crippen molar-refractivity contribution in [3.63, 3.8) is 0 Å². The van der Waals surface area contributed by atoms with Gasteiger partial charge in [0.15, 0.2) is 0 Å². The number of aliphatic hydroxyl groups excluding tert-OH is 1. The number of hydrogen-bond donors (Lipinski definition) is 2. The van der Waals surface area contributed by atoms with Gasteiger partial charge in [0.2, 0.25) is 0 Å². The van der Waals surface area contributed by atoms with Crippen molar-refractivity contribution in [3.8, 4) is 0 Å². The standard InChI is InChI=1S/C7H15F2NO/c1-2-10-5-3-7(8,9)4-6-11/h10-11H,2-6H2,1H3. The zero-order chi connectivity index (χ0) is 8.74. The molecule has 11 heavy (non-hydrogen) atoms. The van der Waals surface area contributed by atoms with E-state index in [4.69, 9.17) is 5.11 Å². The molecule has 0 amide bonds. The first-order chi connectivity index (χ1) is 5.12. The Bertz CT molecular complexity index is 98.4. The van der Waals surface area contributed by atoms with Crippen LogP contribution in [0.2, 0.25) is 0 Å². The Kier molecular flexibility index (Phi) is 5.32. The molecule has 0 saturated heterocycles. The summed E-state index contributed by atoms with van der Waals surface area (Å²) >= 11 is 0. The van der Waals surface area contributed by atoms with Crippen LogP contribution in [-0.2, 0) is 0 Å². The van der Waals surface area contributed by atoms with Crippen LogP contribution < -0.4 is 5.32 Å². The summed E-state index contributed by atoms with van der Waals surface area (Å²) in [6, 6.07) is 0. The molecule has 2 N–H and O–H groups in total. The van der Waals surface area contributed by atoms with Crippen LogP contribution in [0.5, 0.6) is 0 Å². The van der Waals surface area contributed by atoms with Gasteiger partial charge in [-0.05, 0) is 6.54 Å². The molecule has 0 aromatic carbocycles. The lowest BCUT2D eigenvalue weighted by atomic mass is 10.2. The molecule has 0 atom stereocenters. The van der Waals surface area contributed by atoms with Gasteiger partial charge in [-0.2, -0.15) is 0 Å². The molecule has 4 heteroatoms. The molecule has 0 fully saturated rings. The molecule has 0 aromatic rings. The first-order valence-corrected chi connectivity index (χ1v) is 3.82. The minimum atomic E-state index is -2.71. The number of hydrogen-bond acceptors (Lipinski definition) is 2. The predicted molar refractivity (Wildman–Crippen MR) is 39.8 cm³/mol. The van der Waals surface area contributed by atoms with Crippen LogP contribution in [0, 0.1) is 0 Å². The summed E-state index contributed by atoms with van der Waals surface area (Å²) in [5.74, 6) is -2.71. The molecule has 68 valence electrons. The summed E-state index contributed by atoms with van der Waals surface area (Å²) in [7, 11) is 0. The smallest absolute Gasteiger partial charge is 0.251 e. The van der Waals surface area contributed by atoms with Crippen LogP contribution in [0.25, 0.3) is 0 Å². The maximum atomic E-state index is 12.5. The van der Waals surface area contributed by atoms with Crippen molar-refractivity contribution in [2.75, 3.05) is 19.7 Å². The summed E-state index contributed by atoms with van der Waals surface area (Å²) in [4.78, 5) is 0. The van der Waals surface area contributed by atoms with Gasteiger partial charge in [0.05, 0.1) is 0 Å². The zero-order valence-electron chi connectivity index (χ0n) is 6.74. The fourth-order valence-electron chi connectivity index (χ4n) is 0.737. The van der Waals surface area contributed by atoms with Crippen LogP contribution in [0.1, 0.15) is 19.8 Å². The fourth-order valence-corrected chi connectivity index (χ4v) is 0.737. The van der Waals surface area contributed by atoms with Crippen molar-refractivity contribution in [1.82, 2.24) is 5.32 Å². The van der Waals surface area contributed by atoms with E-state index in [1.54, 1.807) is 0 Å². The third-order valence-corrected chi connectivity index (χ3v) is 1.40. The third-order valence-electron chi connectivity index (χ3n) is 1.40. The second kappa shape index (κ2) is 5.43. The van der Waals surface area contributed by atoms with E-state index in [9.17, 15) is 8.78 Å². The molecule has 0 bridgehead atoms. The average molecular weight is 167 g/mol. The zero-order valence-corrected chi connectivity index (χ0v) is 6.74. The van der Waals surface area contributed by atoms with Crippen LogP contribution in [0.4, 0.5) is 8.78 Å². The number of nitrogens with one attached hydrogen (secondary N) is 1. The van der Waals surface area contributed by atoms with Crippen LogP contribution in [0.3, 0.4) is 0 Å². The van der Waals surface area contributed by atoms with Crippen molar-refractivity contribution in [2.24, 2.45) is 0 Å². The lowest BCUT2D eigenvalue weighted by molar-refractivity contribution is -0.0281. The summed E-state index contributed by atoms with van der Waals surface area (Å²) in [5.41, 5.74) is 0. The molecule has 0 unspecified atom stereocenters. The van der Waals surface area contributed by atoms with Crippen molar-refractivity contribution in [1.29, 1.82) is 0 Å². The van der Waals surface area contributed by atoms with Gasteiger partial charge in [-0.3, -0.25) is 0 Å². The second-order valence-corrected chi connectivity index (χ2v) is 2.43. The Morgan fingerprint density at radius 3 is 2.45 bits per heavy atom. The van der Waals surface area contributed by atoms with Gasteiger partial charge in [-0.15, -0.1) is 0 Å². The van der Waals surface area contributed by atoms with Gasteiger partial charge in [-0.25, -0.2) is 8.78 Å². The summed E-state index contributed by atoms with van der Waals surface area (Å²) < 4.78 is 25.1. The third kappa shape index (κ3) is 6.19. The van der Waals surface area contributed by atoms with E-state index in [-0.39, 0.29) is 6.42 Å². The highest BCUT2D eigenvalue weighted by Crippen LogP contribution is 2.21. The molecule has 2 nitrogen and oxygen atoms in total. The highest BCUT2D eigenvalue weighted by Gasteiger charge is 2.26. The predicted octanol–water partition coefficient (Wildman–Crippen LogP) is 1.00. The van der Waals surface area contributed by atoms with Gasteiger partial charge in [0.1, 0.15) is 0 Å². The van der Waals surface area contributed by atoms with Gasteiger partial charge >= 0.3 is 0 Å². The van der Waals surface area contributed by atoms with E-state index >= 15 is 0 Å². The molecule has 0 aliphatic heterocycles. The quantitative estimate of drug-likeness (QED) is 0.578. The lowest BCUT2D eigenvalue weighted by Gasteiger charge is -2.14. The maximum absolute atomic E-state index is 12.5. The van der Waals surface area contributed by atoms with E-state index in [0.717, 1.165) is 0 Å². The molecule has 0 spiro atoms. The van der Waals surface area contributed by atoms with Gasteiger partial charge < -0.3 is 10.4 Å². The van der Waals surface area contributed by atoms with E-state index in [1.165, 1.54) is 0 Å². The first kappa shape index (κ1) is 10.8. The van der Waals surface area contributed by atoms with E-state index in [2.05, 4.69) is 5.32 Å². The minimum Gasteiger partial charge on any atom is -0.396 e. The molecular weight excluding hydrogens is 152 g/mol. The number of halogens is 2. The summed E-state index contributed by atoms with van der Waals surface area (Å²) in [6.45, 7) is 2.43. The van der Waals surface area contributed by atoms with E-state index < -0.39 is 19.0 Å². The average Bonchev–Trinajstić information content (AvgIpc) is 1.87. The largest absolute Gasteiger partial charge is 0.396 e. The Labute approximate surface area is 65.6 Å². The number of alkyl halides is 2. The Balaban J connectivity index is 3.38. The second-order valence-electron chi connectivity index (χ2n) is 2.43. The van der Waals surface area contributed by atoms with Gasteiger partial charge in [0, 0.05) is 26.0 Å². The molecule has 0 saturated carbocycles. The highest BCUT2D eigenvalue weighted by molar-refractivity contribution is 4.66. The first-order valence-electron chi connectivity index (χ1n) is 3.82. The molecule has 0 aromatic heterocycles. The van der Waals surface area contributed by atoms with Crippen LogP contribution in [0.15, 0.2) is 0 Å². The number of aliphatic hydroxyl groups is 1. The minimum absolute atomic E-state index is 0.193. The molecule has 0 heterocycles. The Hall–Kier alpha value is -0.220. The molecular formula is C7H15F2NO. The van der Waals surface area contributed by atoms with Crippen LogP contribution in [-0.4, -0.2) is 30.7 Å². The van der Waals surface area contributed by atoms with Crippen molar-refractivity contribution in [3.05, 3.63) is 0 Å². The maximum Gasteiger partial charge on any atom is 0.251 e. The van der Waals surface area contributed by atoms with Crippen molar-refractivity contribution in [2.45, 2.75) is 25.7 Å². The van der Waals surface area contributed by atoms with E-state index in [0.29, 0.717) is 13.1 Å². The van der Waals surface area contributed by atoms with Crippen molar-refractivity contribution < 1.29 is 13.9 Å².